The largest absolute Gasteiger partial charge is 0.463 e. The molecule has 0 bridgehead atoms. The highest BCUT2D eigenvalue weighted by atomic mass is 32.2. The monoisotopic (exact) mass is 409 g/mol. The van der Waals surface area contributed by atoms with Gasteiger partial charge in [-0.05, 0) is 31.2 Å². The topological polar surface area (TPSA) is 88.1 Å². The average molecular weight is 409 g/mol. The molecule has 8 heteroatoms. The molecule has 29 heavy (non-hydrogen) atoms. The normalized spacial score (nSPS) is 14.9. The third-order valence-electron chi connectivity index (χ3n) is 3.86. The smallest absolute Gasteiger partial charge is 0.332 e. The number of amides is 2. The Morgan fingerprint density at radius 1 is 1.07 bits per heavy atom. The van der Waals surface area contributed by atoms with E-state index >= 15 is 0 Å². The molecule has 3 rings (SSSR count). The number of carbonyl (C=O) groups excluding carboxylic acids is 3. The SMILES string of the molecule is CCOC(=O)/C=C1/CSC(NC(=O)c2ccccc2)=NN1C(=O)c1ccccc1. The molecule has 2 amide bonds. The molecule has 0 spiro atoms. The van der Waals surface area contributed by atoms with Crippen LogP contribution < -0.4 is 5.32 Å². The number of amidine groups is 1. The van der Waals surface area contributed by atoms with Crippen molar-refractivity contribution in [2.24, 2.45) is 5.10 Å². The van der Waals surface area contributed by atoms with Crippen molar-refractivity contribution in [2.45, 2.75) is 6.92 Å². The number of hydrazone groups is 1. The molecule has 0 saturated carbocycles. The number of hydrogen-bond acceptors (Lipinski definition) is 6. The Kier molecular flexibility index (Phi) is 6.80. The number of benzene rings is 2. The van der Waals surface area contributed by atoms with Crippen LogP contribution in [-0.4, -0.2) is 40.3 Å². The van der Waals surface area contributed by atoms with Crippen LogP contribution in [0.1, 0.15) is 27.6 Å². The summed E-state index contributed by atoms with van der Waals surface area (Å²) in [4.78, 5) is 37.3. The molecule has 0 fully saturated rings. The van der Waals surface area contributed by atoms with Crippen LogP contribution in [-0.2, 0) is 9.53 Å². The van der Waals surface area contributed by atoms with Crippen LogP contribution in [0.25, 0.3) is 0 Å². The first-order chi connectivity index (χ1) is 14.1. The minimum atomic E-state index is -0.555. The molecule has 7 nitrogen and oxygen atoms in total. The minimum Gasteiger partial charge on any atom is -0.463 e. The van der Waals surface area contributed by atoms with Gasteiger partial charge < -0.3 is 4.74 Å². The van der Waals surface area contributed by atoms with Gasteiger partial charge in [-0.3, -0.25) is 14.9 Å². The standard InChI is InChI=1S/C21H19N3O4S/c1-2-28-18(25)13-17-14-29-21(22-19(26)15-9-5-3-6-10-15)23-24(17)20(27)16-11-7-4-8-12-16/h3-13H,2,14H2,1H3,(H,22,23,26)/b17-13-. The molecule has 2 aromatic rings. The van der Waals surface area contributed by atoms with Crippen LogP contribution in [0.4, 0.5) is 0 Å². The van der Waals surface area contributed by atoms with Crippen LogP contribution in [0.2, 0.25) is 0 Å². The number of thioether (sulfide) groups is 1. The second-order valence-corrected chi connectivity index (χ2v) is 6.85. The summed E-state index contributed by atoms with van der Waals surface area (Å²) in [7, 11) is 0. The summed E-state index contributed by atoms with van der Waals surface area (Å²) >= 11 is 1.22. The molecule has 0 radical (unpaired) electrons. The van der Waals surface area contributed by atoms with Crippen molar-refractivity contribution in [3.63, 3.8) is 0 Å². The number of carbonyl (C=O) groups is 3. The highest BCUT2D eigenvalue weighted by Crippen LogP contribution is 2.23. The highest BCUT2D eigenvalue weighted by Gasteiger charge is 2.27. The van der Waals surface area contributed by atoms with Gasteiger partial charge in [0.15, 0.2) is 5.17 Å². The van der Waals surface area contributed by atoms with Gasteiger partial charge in [-0.2, -0.15) is 5.01 Å². The maximum absolute atomic E-state index is 13.0. The van der Waals surface area contributed by atoms with Crippen molar-refractivity contribution >= 4 is 34.7 Å². The lowest BCUT2D eigenvalue weighted by Crippen LogP contribution is -2.37. The summed E-state index contributed by atoms with van der Waals surface area (Å²) < 4.78 is 4.95. The van der Waals surface area contributed by atoms with Gasteiger partial charge in [0, 0.05) is 23.0 Å². The Labute approximate surface area is 172 Å². The number of hydrogen-bond donors (Lipinski definition) is 1. The van der Waals surface area contributed by atoms with Crippen molar-refractivity contribution in [1.82, 2.24) is 10.3 Å². The van der Waals surface area contributed by atoms with E-state index in [4.69, 9.17) is 4.74 Å². The fraction of sp³-hybridized carbons (Fsp3) is 0.143. The van der Waals surface area contributed by atoms with E-state index in [-0.39, 0.29) is 23.4 Å². The zero-order valence-electron chi connectivity index (χ0n) is 15.7. The second-order valence-electron chi connectivity index (χ2n) is 5.88. The van der Waals surface area contributed by atoms with Crippen molar-refractivity contribution in [3.8, 4) is 0 Å². The molecule has 1 aliphatic heterocycles. The van der Waals surface area contributed by atoms with E-state index in [1.54, 1.807) is 61.5 Å². The lowest BCUT2D eigenvalue weighted by Gasteiger charge is -2.26. The van der Waals surface area contributed by atoms with E-state index in [0.717, 1.165) is 5.01 Å². The molecule has 0 atom stereocenters. The van der Waals surface area contributed by atoms with Crippen molar-refractivity contribution < 1.29 is 19.1 Å². The molecular formula is C21H19N3O4S. The molecule has 0 aliphatic carbocycles. The Hall–Kier alpha value is -3.39. The van der Waals surface area contributed by atoms with Gasteiger partial charge in [-0.15, -0.1) is 5.10 Å². The quantitative estimate of drug-likeness (QED) is 0.619. The van der Waals surface area contributed by atoms with E-state index in [0.29, 0.717) is 16.8 Å². The summed E-state index contributed by atoms with van der Waals surface area (Å²) in [5.41, 5.74) is 1.26. The maximum atomic E-state index is 13.0. The predicted molar refractivity (Wildman–Crippen MR) is 111 cm³/mol. The first-order valence-corrected chi connectivity index (χ1v) is 9.91. The first-order valence-electron chi connectivity index (χ1n) is 8.93. The van der Waals surface area contributed by atoms with Gasteiger partial charge in [0.25, 0.3) is 11.8 Å². The summed E-state index contributed by atoms with van der Waals surface area (Å²) in [5.74, 6) is -1.03. The molecule has 148 valence electrons. The molecule has 0 unspecified atom stereocenters. The van der Waals surface area contributed by atoms with Gasteiger partial charge in [0.05, 0.1) is 12.3 Å². The number of esters is 1. The zero-order valence-corrected chi connectivity index (χ0v) is 16.5. The Balaban J connectivity index is 1.88. The fourth-order valence-electron chi connectivity index (χ4n) is 2.51. The van der Waals surface area contributed by atoms with Crippen LogP contribution in [0.15, 0.2) is 77.5 Å². The van der Waals surface area contributed by atoms with Gasteiger partial charge >= 0.3 is 5.97 Å². The van der Waals surface area contributed by atoms with E-state index < -0.39 is 11.9 Å². The number of nitrogens with zero attached hydrogens (tertiary/aromatic N) is 2. The Morgan fingerprint density at radius 2 is 1.69 bits per heavy atom. The van der Waals surface area contributed by atoms with Crippen LogP contribution >= 0.6 is 11.8 Å². The van der Waals surface area contributed by atoms with Crippen LogP contribution in [0, 0.1) is 0 Å². The zero-order chi connectivity index (χ0) is 20.6. The molecule has 0 saturated heterocycles. The van der Waals surface area contributed by atoms with Crippen LogP contribution in [0.5, 0.6) is 0 Å². The third kappa shape index (κ3) is 5.32. The van der Waals surface area contributed by atoms with Gasteiger partial charge in [-0.1, -0.05) is 48.2 Å². The van der Waals surface area contributed by atoms with E-state index in [2.05, 4.69) is 10.4 Å². The predicted octanol–water partition coefficient (Wildman–Crippen LogP) is 3.02. The summed E-state index contributed by atoms with van der Waals surface area (Å²) in [6.45, 7) is 1.93. The molecule has 2 aromatic carbocycles. The molecule has 0 aromatic heterocycles. The summed E-state index contributed by atoms with van der Waals surface area (Å²) in [5, 5.41) is 8.38. The molecule has 1 heterocycles. The highest BCUT2D eigenvalue weighted by molar-refractivity contribution is 8.14. The molecular weight excluding hydrogens is 390 g/mol. The van der Waals surface area contributed by atoms with E-state index in [1.807, 2.05) is 6.07 Å². The molecule has 1 aliphatic rings. The third-order valence-corrected chi connectivity index (χ3v) is 4.76. The lowest BCUT2D eigenvalue weighted by atomic mass is 10.2. The Bertz CT molecular complexity index is 958. The Morgan fingerprint density at radius 3 is 2.31 bits per heavy atom. The number of nitrogens with one attached hydrogen (secondary N) is 1. The fourth-order valence-corrected chi connectivity index (χ4v) is 3.30. The van der Waals surface area contributed by atoms with Gasteiger partial charge in [-0.25, -0.2) is 4.79 Å². The van der Waals surface area contributed by atoms with Crippen LogP contribution in [0.3, 0.4) is 0 Å². The molecule has 1 N–H and O–H groups in total. The number of ether oxygens (including phenoxy) is 1. The summed E-state index contributed by atoms with van der Waals surface area (Å²) in [6.07, 6.45) is 1.25. The second kappa shape index (κ2) is 9.70. The lowest BCUT2D eigenvalue weighted by molar-refractivity contribution is -0.137. The minimum absolute atomic E-state index is 0.226. The van der Waals surface area contributed by atoms with Gasteiger partial charge in [0.1, 0.15) is 0 Å². The first kappa shape index (κ1) is 20.3. The van der Waals surface area contributed by atoms with Crippen molar-refractivity contribution in [1.29, 1.82) is 0 Å². The average Bonchev–Trinajstić information content (AvgIpc) is 2.75. The summed E-state index contributed by atoms with van der Waals surface area (Å²) in [6, 6.07) is 17.3. The van der Waals surface area contributed by atoms with Gasteiger partial charge in [0.2, 0.25) is 0 Å². The maximum Gasteiger partial charge on any atom is 0.332 e. The van der Waals surface area contributed by atoms with E-state index in [1.165, 1.54) is 17.8 Å². The van der Waals surface area contributed by atoms with Crippen molar-refractivity contribution in [3.05, 3.63) is 83.6 Å². The number of rotatable bonds is 4. The van der Waals surface area contributed by atoms with Crippen molar-refractivity contribution in [2.75, 3.05) is 12.4 Å². The van der Waals surface area contributed by atoms with E-state index in [9.17, 15) is 14.4 Å².